The van der Waals surface area contributed by atoms with Gasteiger partial charge in [0.15, 0.2) is 0 Å². The number of hydrogen-bond donors (Lipinski definition) is 1. The molecule has 0 aromatic heterocycles. The summed E-state index contributed by atoms with van der Waals surface area (Å²) in [4.78, 5) is 11.1. The van der Waals surface area contributed by atoms with E-state index in [1.54, 1.807) is 19.1 Å². The average molecular weight is 247 g/mol. The summed E-state index contributed by atoms with van der Waals surface area (Å²) in [7, 11) is 1.35. The molecule has 0 fully saturated rings. The van der Waals surface area contributed by atoms with E-state index in [1.807, 2.05) is 12.1 Å². The lowest BCUT2D eigenvalue weighted by Crippen LogP contribution is -2.15. The van der Waals surface area contributed by atoms with Crippen LogP contribution in [0.1, 0.15) is 12.5 Å². The minimum Gasteiger partial charge on any atom is -0.468 e. The van der Waals surface area contributed by atoms with Crippen LogP contribution in [0, 0.1) is 0 Å². The molecule has 0 amide bonds. The van der Waals surface area contributed by atoms with Crippen molar-refractivity contribution in [2.75, 3.05) is 19.0 Å². The third-order valence-corrected chi connectivity index (χ3v) is 2.19. The maximum Gasteiger partial charge on any atom is 0.325 e. The largest absolute Gasteiger partial charge is 0.468 e. The van der Waals surface area contributed by atoms with Gasteiger partial charge in [0.25, 0.3) is 0 Å². The molecule has 1 rings (SSSR count). The molecular formula is C14H17NO3. The van der Waals surface area contributed by atoms with Crippen LogP contribution in [0.2, 0.25) is 0 Å². The van der Waals surface area contributed by atoms with E-state index in [0.717, 1.165) is 11.3 Å². The van der Waals surface area contributed by atoms with Crippen molar-refractivity contribution in [2.24, 2.45) is 0 Å². The third kappa shape index (κ3) is 3.97. The zero-order valence-corrected chi connectivity index (χ0v) is 10.7. The Bertz CT molecular complexity index is 466. The van der Waals surface area contributed by atoms with E-state index >= 15 is 0 Å². The molecule has 0 bridgehead atoms. The lowest BCUT2D eigenvalue weighted by molar-refractivity contribution is -0.138. The van der Waals surface area contributed by atoms with Crippen molar-refractivity contribution in [2.45, 2.75) is 6.92 Å². The monoisotopic (exact) mass is 247 g/mol. The number of anilines is 1. The molecule has 4 nitrogen and oxygen atoms in total. The standard InChI is InChI=1S/C14H17NO3/c1-5-11-8-12(18-10(2)3)6-7-13(11)15-9-14(16)17-4/h5-8,15H,1-2,9H2,3-4H3. The van der Waals surface area contributed by atoms with Gasteiger partial charge in [-0.25, -0.2) is 0 Å². The van der Waals surface area contributed by atoms with Gasteiger partial charge < -0.3 is 14.8 Å². The molecule has 96 valence electrons. The van der Waals surface area contributed by atoms with Gasteiger partial charge in [-0.1, -0.05) is 19.2 Å². The summed E-state index contributed by atoms with van der Waals surface area (Å²) in [5, 5.41) is 2.97. The minimum absolute atomic E-state index is 0.109. The van der Waals surface area contributed by atoms with Gasteiger partial charge in [-0.3, -0.25) is 4.79 Å². The van der Waals surface area contributed by atoms with Crippen molar-refractivity contribution in [3.05, 3.63) is 42.7 Å². The molecule has 0 saturated heterocycles. The molecular weight excluding hydrogens is 230 g/mol. The first-order valence-corrected chi connectivity index (χ1v) is 5.47. The number of carbonyl (C=O) groups excluding carboxylic acids is 1. The molecule has 0 radical (unpaired) electrons. The second-order valence-corrected chi connectivity index (χ2v) is 3.69. The number of hydrogen-bond acceptors (Lipinski definition) is 4. The number of nitrogens with one attached hydrogen (secondary N) is 1. The van der Waals surface area contributed by atoms with Gasteiger partial charge in [-0.2, -0.15) is 0 Å². The molecule has 0 unspecified atom stereocenters. The van der Waals surface area contributed by atoms with Crippen molar-refractivity contribution in [3.8, 4) is 5.75 Å². The summed E-state index contributed by atoms with van der Waals surface area (Å²) >= 11 is 0. The van der Waals surface area contributed by atoms with Gasteiger partial charge in [0.05, 0.1) is 12.9 Å². The number of methoxy groups -OCH3 is 1. The van der Waals surface area contributed by atoms with Crippen LogP contribution in [0.15, 0.2) is 37.1 Å². The Kier molecular flexibility index (Phi) is 4.99. The van der Waals surface area contributed by atoms with Crippen molar-refractivity contribution in [1.29, 1.82) is 0 Å². The molecule has 0 aliphatic carbocycles. The number of ether oxygens (including phenoxy) is 2. The van der Waals surface area contributed by atoms with Crippen LogP contribution in [0.4, 0.5) is 5.69 Å². The fourth-order valence-corrected chi connectivity index (χ4v) is 1.37. The zero-order chi connectivity index (χ0) is 13.5. The van der Waals surface area contributed by atoms with E-state index in [4.69, 9.17) is 4.74 Å². The summed E-state index contributed by atoms with van der Waals surface area (Å²) in [6, 6.07) is 5.43. The van der Waals surface area contributed by atoms with Gasteiger partial charge in [0.1, 0.15) is 12.3 Å². The summed E-state index contributed by atoms with van der Waals surface area (Å²) in [6.07, 6.45) is 1.69. The highest BCUT2D eigenvalue weighted by atomic mass is 16.5. The smallest absolute Gasteiger partial charge is 0.325 e. The van der Waals surface area contributed by atoms with Gasteiger partial charge in [0, 0.05) is 11.3 Å². The van der Waals surface area contributed by atoms with E-state index in [0.29, 0.717) is 11.5 Å². The van der Waals surface area contributed by atoms with Crippen LogP contribution in [-0.4, -0.2) is 19.6 Å². The second-order valence-electron chi connectivity index (χ2n) is 3.69. The molecule has 0 aliphatic rings. The highest BCUT2D eigenvalue weighted by Crippen LogP contribution is 2.24. The highest BCUT2D eigenvalue weighted by Gasteiger charge is 2.05. The normalized spacial score (nSPS) is 9.44. The van der Waals surface area contributed by atoms with Crippen molar-refractivity contribution in [3.63, 3.8) is 0 Å². The Hall–Kier alpha value is -2.23. The van der Waals surface area contributed by atoms with E-state index < -0.39 is 0 Å². The predicted molar refractivity (Wildman–Crippen MR) is 72.5 cm³/mol. The lowest BCUT2D eigenvalue weighted by atomic mass is 10.1. The molecule has 0 atom stereocenters. The van der Waals surface area contributed by atoms with Crippen LogP contribution in [0.3, 0.4) is 0 Å². The molecule has 0 heterocycles. The van der Waals surface area contributed by atoms with Gasteiger partial charge >= 0.3 is 5.97 Å². The number of esters is 1. The summed E-state index contributed by atoms with van der Waals surface area (Å²) in [5.74, 6) is 0.966. The summed E-state index contributed by atoms with van der Waals surface area (Å²) in [5.41, 5.74) is 1.64. The molecule has 18 heavy (non-hydrogen) atoms. The molecule has 1 aromatic carbocycles. The number of carbonyl (C=O) groups is 1. The Balaban J connectivity index is 2.83. The van der Waals surface area contributed by atoms with E-state index in [-0.39, 0.29) is 12.5 Å². The highest BCUT2D eigenvalue weighted by molar-refractivity contribution is 5.77. The topological polar surface area (TPSA) is 47.6 Å². The first kappa shape index (κ1) is 13.8. The van der Waals surface area contributed by atoms with Gasteiger partial charge in [-0.05, 0) is 25.1 Å². The molecule has 0 saturated carbocycles. The van der Waals surface area contributed by atoms with E-state index in [9.17, 15) is 4.79 Å². The number of allylic oxidation sites excluding steroid dienone is 1. The van der Waals surface area contributed by atoms with E-state index in [2.05, 4.69) is 23.2 Å². The second kappa shape index (κ2) is 6.49. The fraction of sp³-hybridized carbons (Fsp3) is 0.214. The van der Waals surface area contributed by atoms with Crippen molar-refractivity contribution in [1.82, 2.24) is 0 Å². The molecule has 0 aliphatic heterocycles. The zero-order valence-electron chi connectivity index (χ0n) is 10.7. The van der Waals surface area contributed by atoms with Gasteiger partial charge in [0.2, 0.25) is 0 Å². The Morgan fingerprint density at radius 2 is 2.22 bits per heavy atom. The third-order valence-electron chi connectivity index (χ3n) is 2.19. The first-order valence-electron chi connectivity index (χ1n) is 5.47. The molecule has 4 heteroatoms. The van der Waals surface area contributed by atoms with Crippen molar-refractivity contribution >= 4 is 17.7 Å². The maximum atomic E-state index is 11.1. The summed E-state index contributed by atoms with van der Waals surface area (Å²) < 4.78 is 9.96. The van der Waals surface area contributed by atoms with E-state index in [1.165, 1.54) is 7.11 Å². The van der Waals surface area contributed by atoms with Crippen molar-refractivity contribution < 1.29 is 14.3 Å². The summed E-state index contributed by atoms with van der Waals surface area (Å²) in [6.45, 7) is 9.28. The average Bonchev–Trinajstić information content (AvgIpc) is 2.35. The Morgan fingerprint density at radius 3 is 2.78 bits per heavy atom. The quantitative estimate of drug-likeness (QED) is 0.620. The molecule has 0 spiro atoms. The van der Waals surface area contributed by atoms with Crippen LogP contribution >= 0.6 is 0 Å². The Morgan fingerprint density at radius 1 is 1.50 bits per heavy atom. The first-order chi connectivity index (χ1) is 8.56. The van der Waals surface area contributed by atoms with Crippen LogP contribution in [-0.2, 0) is 9.53 Å². The fourth-order valence-electron chi connectivity index (χ4n) is 1.37. The van der Waals surface area contributed by atoms with Crippen LogP contribution < -0.4 is 10.1 Å². The number of benzene rings is 1. The SMILES string of the molecule is C=Cc1cc(OC(=C)C)ccc1NCC(=O)OC. The van der Waals surface area contributed by atoms with Gasteiger partial charge in [-0.15, -0.1) is 0 Å². The predicted octanol–water partition coefficient (Wildman–Crippen LogP) is 2.83. The minimum atomic E-state index is -0.327. The lowest BCUT2D eigenvalue weighted by Gasteiger charge is -2.11. The van der Waals surface area contributed by atoms with Crippen LogP contribution in [0.25, 0.3) is 6.08 Å². The maximum absolute atomic E-state index is 11.1. The number of rotatable bonds is 6. The molecule has 1 aromatic rings. The Labute approximate surface area is 107 Å². The molecule has 1 N–H and O–H groups in total. The van der Waals surface area contributed by atoms with Crippen LogP contribution in [0.5, 0.6) is 5.75 Å².